The molecule has 0 radical (unpaired) electrons. The van der Waals surface area contributed by atoms with Gasteiger partial charge in [0.05, 0.1) is 0 Å². The number of rotatable bonds is 1. The van der Waals surface area contributed by atoms with Crippen molar-refractivity contribution in [3.8, 4) is 0 Å². The zero-order valence-corrected chi connectivity index (χ0v) is 5.63. The monoisotopic (exact) mass is 189 g/mol. The van der Waals surface area contributed by atoms with E-state index in [0.717, 1.165) is 0 Å². The average molecular weight is 189 g/mol. The number of carboxylic acids is 1. The minimum absolute atomic E-state index is 0.556. The molecule has 0 saturated carbocycles. The molecule has 0 saturated heterocycles. The third-order valence-corrected chi connectivity index (χ3v) is 0.398. The molecular formula is C4H6F3NO4. The molecular weight excluding hydrogens is 183 g/mol. The van der Waals surface area contributed by atoms with Gasteiger partial charge in [-0.25, -0.2) is 4.79 Å². The predicted molar refractivity (Wildman–Crippen MR) is 30.0 cm³/mol. The Kier molecular flexibility index (Phi) is 5.93. The first-order valence-corrected chi connectivity index (χ1v) is 2.41. The molecule has 0 rings (SSSR count). The predicted octanol–water partition coefficient (Wildman–Crippen LogP) is -0.903. The van der Waals surface area contributed by atoms with Gasteiger partial charge in [-0.3, -0.25) is 4.79 Å². The number of hydrogen-bond acceptors (Lipinski definition) is 3. The summed E-state index contributed by atoms with van der Waals surface area (Å²) < 4.78 is 31.7. The first kappa shape index (κ1) is 13.3. The second-order valence-electron chi connectivity index (χ2n) is 1.43. The van der Waals surface area contributed by atoms with Crippen molar-refractivity contribution in [2.75, 3.05) is 6.61 Å². The Morgan fingerprint density at radius 1 is 1.33 bits per heavy atom. The van der Waals surface area contributed by atoms with Crippen LogP contribution in [-0.4, -0.2) is 34.9 Å². The third-order valence-electron chi connectivity index (χ3n) is 0.398. The minimum Gasteiger partial charge on any atom is -0.475 e. The highest BCUT2D eigenvalue weighted by molar-refractivity contribution is 5.74. The maximum Gasteiger partial charge on any atom is 0.490 e. The number of nitrogens with two attached hydrogens (primary N) is 1. The largest absolute Gasteiger partial charge is 0.490 e. The number of carbonyl (C=O) groups is 2. The molecule has 5 nitrogen and oxygen atoms in total. The van der Waals surface area contributed by atoms with Crippen molar-refractivity contribution in [2.45, 2.75) is 6.18 Å². The topological polar surface area (TPSA) is 101 Å². The number of alkyl halides is 3. The highest BCUT2D eigenvalue weighted by Crippen LogP contribution is 2.13. The van der Waals surface area contributed by atoms with Crippen LogP contribution < -0.4 is 5.73 Å². The summed E-state index contributed by atoms with van der Waals surface area (Å²) in [6.07, 6.45) is -5.08. The van der Waals surface area contributed by atoms with E-state index in [2.05, 4.69) is 5.73 Å². The normalized spacial score (nSPS) is 9.67. The lowest BCUT2D eigenvalue weighted by Crippen LogP contribution is -2.21. The number of hydrogen-bond donors (Lipinski definition) is 3. The number of aliphatic hydroxyl groups excluding tert-OH is 1. The highest BCUT2D eigenvalue weighted by atomic mass is 19.4. The minimum atomic E-state index is -5.08. The van der Waals surface area contributed by atoms with Gasteiger partial charge in [0.2, 0.25) is 5.91 Å². The molecule has 0 heterocycles. The second kappa shape index (κ2) is 5.35. The van der Waals surface area contributed by atoms with Crippen LogP contribution >= 0.6 is 0 Å². The lowest BCUT2D eigenvalue weighted by Gasteiger charge is -1.93. The van der Waals surface area contributed by atoms with Crippen LogP contribution in [0.1, 0.15) is 0 Å². The van der Waals surface area contributed by atoms with Crippen molar-refractivity contribution in [1.29, 1.82) is 0 Å². The molecule has 0 aliphatic heterocycles. The van der Waals surface area contributed by atoms with Crippen LogP contribution in [0.25, 0.3) is 0 Å². The second-order valence-corrected chi connectivity index (χ2v) is 1.43. The van der Waals surface area contributed by atoms with Crippen LogP contribution in [0.15, 0.2) is 0 Å². The molecule has 0 aliphatic carbocycles. The number of primary amides is 1. The van der Waals surface area contributed by atoms with Crippen LogP contribution in [0.5, 0.6) is 0 Å². The molecule has 0 aromatic heterocycles. The van der Waals surface area contributed by atoms with Crippen molar-refractivity contribution in [3.63, 3.8) is 0 Å². The maximum atomic E-state index is 10.6. The van der Waals surface area contributed by atoms with E-state index in [1.165, 1.54) is 0 Å². The van der Waals surface area contributed by atoms with Gasteiger partial charge in [-0.1, -0.05) is 0 Å². The van der Waals surface area contributed by atoms with Gasteiger partial charge in [0, 0.05) is 0 Å². The lowest BCUT2D eigenvalue weighted by atomic mass is 10.7. The summed E-state index contributed by atoms with van der Waals surface area (Å²) in [7, 11) is 0. The van der Waals surface area contributed by atoms with Crippen molar-refractivity contribution >= 4 is 11.9 Å². The quantitative estimate of drug-likeness (QED) is 0.497. The van der Waals surface area contributed by atoms with Crippen molar-refractivity contribution in [1.82, 2.24) is 0 Å². The number of carboxylic acid groups (broad SMARTS) is 1. The summed E-state index contributed by atoms with van der Waals surface area (Å²) in [5.41, 5.74) is 4.40. The molecule has 0 aromatic carbocycles. The average Bonchev–Trinajstić information content (AvgIpc) is 1.87. The lowest BCUT2D eigenvalue weighted by molar-refractivity contribution is -0.192. The molecule has 1 amide bonds. The van der Waals surface area contributed by atoms with Gasteiger partial charge in [0.25, 0.3) is 0 Å². The van der Waals surface area contributed by atoms with Crippen LogP contribution in [0.2, 0.25) is 0 Å². The Labute approximate surface area is 64.6 Å². The fourth-order valence-electron chi connectivity index (χ4n) is 0. The van der Waals surface area contributed by atoms with Gasteiger partial charge in [-0.15, -0.1) is 0 Å². The van der Waals surface area contributed by atoms with Crippen LogP contribution in [-0.2, 0) is 9.59 Å². The Hall–Kier alpha value is -1.31. The fourth-order valence-corrected chi connectivity index (χ4v) is 0. The molecule has 8 heteroatoms. The van der Waals surface area contributed by atoms with E-state index in [4.69, 9.17) is 15.0 Å². The smallest absolute Gasteiger partial charge is 0.475 e. The van der Waals surface area contributed by atoms with E-state index in [1.54, 1.807) is 0 Å². The highest BCUT2D eigenvalue weighted by Gasteiger charge is 2.38. The molecule has 12 heavy (non-hydrogen) atoms. The first-order chi connectivity index (χ1) is 5.21. The summed E-state index contributed by atoms with van der Waals surface area (Å²) >= 11 is 0. The van der Waals surface area contributed by atoms with E-state index < -0.39 is 24.7 Å². The van der Waals surface area contributed by atoms with Crippen LogP contribution in [0.4, 0.5) is 13.2 Å². The van der Waals surface area contributed by atoms with Gasteiger partial charge in [0.15, 0.2) is 0 Å². The number of aliphatic hydroxyl groups is 1. The Morgan fingerprint density at radius 3 is 1.50 bits per heavy atom. The summed E-state index contributed by atoms with van der Waals surface area (Å²) in [4.78, 5) is 18.2. The molecule has 4 N–H and O–H groups in total. The van der Waals surface area contributed by atoms with E-state index in [-0.39, 0.29) is 0 Å². The summed E-state index contributed by atoms with van der Waals surface area (Å²) in [6.45, 7) is -0.556. The van der Waals surface area contributed by atoms with Gasteiger partial charge in [-0.05, 0) is 0 Å². The van der Waals surface area contributed by atoms with Crippen LogP contribution in [0.3, 0.4) is 0 Å². The maximum absolute atomic E-state index is 10.6. The molecule has 0 aromatic rings. The Balaban J connectivity index is 0. The summed E-state index contributed by atoms with van der Waals surface area (Å²) in [6, 6.07) is 0. The molecule has 0 atom stereocenters. The molecule has 0 fully saturated rings. The zero-order chi connectivity index (χ0) is 10.4. The summed E-state index contributed by atoms with van der Waals surface area (Å²) in [5, 5.41) is 14.8. The van der Waals surface area contributed by atoms with Crippen molar-refractivity contribution in [2.24, 2.45) is 5.73 Å². The molecule has 72 valence electrons. The molecule has 0 aliphatic rings. The van der Waals surface area contributed by atoms with E-state index >= 15 is 0 Å². The van der Waals surface area contributed by atoms with Gasteiger partial charge >= 0.3 is 12.1 Å². The summed E-state index contributed by atoms with van der Waals surface area (Å²) in [5.74, 6) is -3.45. The Bertz CT molecular complexity index is 166. The van der Waals surface area contributed by atoms with Gasteiger partial charge in [-0.2, -0.15) is 13.2 Å². The fraction of sp³-hybridized carbons (Fsp3) is 0.500. The molecule has 0 spiro atoms. The molecule has 0 unspecified atom stereocenters. The van der Waals surface area contributed by atoms with Gasteiger partial charge < -0.3 is 15.9 Å². The van der Waals surface area contributed by atoms with Crippen molar-refractivity contribution < 1.29 is 33.0 Å². The zero-order valence-electron chi connectivity index (χ0n) is 5.63. The third kappa shape index (κ3) is 11.5. The number of halogens is 3. The Morgan fingerprint density at radius 2 is 1.50 bits per heavy atom. The number of amides is 1. The van der Waals surface area contributed by atoms with Crippen molar-refractivity contribution in [3.05, 3.63) is 0 Å². The molecule has 0 bridgehead atoms. The first-order valence-electron chi connectivity index (χ1n) is 2.41. The van der Waals surface area contributed by atoms with Gasteiger partial charge in [0.1, 0.15) is 6.61 Å². The van der Waals surface area contributed by atoms with E-state index in [1.807, 2.05) is 0 Å². The van der Waals surface area contributed by atoms with E-state index in [0.29, 0.717) is 0 Å². The standard InChI is InChI=1S/C2HF3O2.C2H5NO2/c3-2(4,5)1(6)7;3-2(5)1-4/h(H,6,7);4H,1H2,(H2,3,5). The number of carbonyl (C=O) groups excluding carboxylic acids is 1. The van der Waals surface area contributed by atoms with Crippen LogP contribution in [0, 0.1) is 0 Å². The number of aliphatic carboxylic acids is 1. The van der Waals surface area contributed by atoms with E-state index in [9.17, 15) is 18.0 Å². The SMILES string of the molecule is NC(=O)CO.O=C(O)C(F)(F)F.